The first-order valence-corrected chi connectivity index (χ1v) is 6.80. The monoisotopic (exact) mass is 281 g/mol. The van der Waals surface area contributed by atoms with E-state index in [1.807, 2.05) is 19.1 Å². The number of amides is 1. The van der Waals surface area contributed by atoms with Crippen molar-refractivity contribution in [3.05, 3.63) is 24.2 Å². The van der Waals surface area contributed by atoms with Crippen molar-refractivity contribution in [2.45, 2.75) is 58.6 Å². The van der Waals surface area contributed by atoms with Gasteiger partial charge in [0.2, 0.25) is 5.91 Å². The van der Waals surface area contributed by atoms with E-state index in [1.165, 1.54) is 0 Å². The highest BCUT2D eigenvalue weighted by molar-refractivity contribution is 5.81. The molecule has 1 rings (SSSR count). The molecule has 5 nitrogen and oxygen atoms in total. The fourth-order valence-corrected chi connectivity index (χ4v) is 1.74. The van der Waals surface area contributed by atoms with Crippen LogP contribution < -0.4 is 5.32 Å². The Morgan fingerprint density at radius 1 is 1.35 bits per heavy atom. The van der Waals surface area contributed by atoms with Crippen molar-refractivity contribution in [2.75, 3.05) is 0 Å². The average molecular weight is 281 g/mol. The molecule has 0 aromatic carbocycles. The highest BCUT2D eigenvalue weighted by Crippen LogP contribution is 2.09. The number of ether oxygens (including phenoxy) is 1. The van der Waals surface area contributed by atoms with Crippen LogP contribution in [0.25, 0.3) is 0 Å². The summed E-state index contributed by atoms with van der Waals surface area (Å²) in [6.07, 6.45) is 2.46. The van der Waals surface area contributed by atoms with Crippen LogP contribution in [-0.4, -0.2) is 23.5 Å². The number of rotatable bonds is 6. The van der Waals surface area contributed by atoms with Crippen LogP contribution in [0.1, 0.15) is 46.3 Å². The highest BCUT2D eigenvalue weighted by Gasteiger charge is 2.17. The van der Waals surface area contributed by atoms with Crippen molar-refractivity contribution in [3.8, 4) is 0 Å². The van der Waals surface area contributed by atoms with Gasteiger partial charge in [0.1, 0.15) is 11.4 Å². The summed E-state index contributed by atoms with van der Waals surface area (Å²) < 4.78 is 10.4. The Labute approximate surface area is 119 Å². The zero-order valence-electron chi connectivity index (χ0n) is 12.6. The quantitative estimate of drug-likeness (QED) is 0.813. The topological polar surface area (TPSA) is 68.5 Å². The van der Waals surface area contributed by atoms with Gasteiger partial charge in [-0.05, 0) is 39.8 Å². The Morgan fingerprint density at radius 3 is 2.60 bits per heavy atom. The summed E-state index contributed by atoms with van der Waals surface area (Å²) >= 11 is 0. The Kier molecular flexibility index (Phi) is 5.80. The molecular formula is C15H23NO4. The van der Waals surface area contributed by atoms with Gasteiger partial charge in [-0.25, -0.2) is 0 Å². The number of carbonyl (C=O) groups is 2. The third-order valence-electron chi connectivity index (χ3n) is 2.47. The molecule has 1 atom stereocenters. The summed E-state index contributed by atoms with van der Waals surface area (Å²) in [6.45, 7) is 7.30. The SMILES string of the molecule is CC(Cc1ccco1)NC(=O)CCC(=O)OC(C)(C)C. The fraction of sp³-hybridized carbons (Fsp3) is 0.600. The minimum Gasteiger partial charge on any atom is -0.469 e. The van der Waals surface area contributed by atoms with E-state index in [1.54, 1.807) is 27.0 Å². The third-order valence-corrected chi connectivity index (χ3v) is 2.47. The van der Waals surface area contributed by atoms with E-state index in [0.29, 0.717) is 6.42 Å². The first kappa shape index (κ1) is 16.3. The number of hydrogen-bond acceptors (Lipinski definition) is 4. The van der Waals surface area contributed by atoms with Crippen LogP contribution in [0.4, 0.5) is 0 Å². The minimum atomic E-state index is -0.514. The summed E-state index contributed by atoms with van der Waals surface area (Å²) in [5.41, 5.74) is -0.514. The number of furan rings is 1. The molecule has 0 saturated heterocycles. The average Bonchev–Trinajstić information content (AvgIpc) is 2.76. The van der Waals surface area contributed by atoms with Crippen LogP contribution >= 0.6 is 0 Å². The predicted octanol–water partition coefficient (Wildman–Crippen LogP) is 2.45. The number of hydrogen-bond donors (Lipinski definition) is 1. The second-order valence-corrected chi connectivity index (χ2v) is 5.84. The molecule has 1 aromatic heterocycles. The maximum atomic E-state index is 11.7. The molecule has 1 aromatic rings. The van der Waals surface area contributed by atoms with E-state index < -0.39 is 5.60 Å². The minimum absolute atomic E-state index is 0.0349. The largest absolute Gasteiger partial charge is 0.469 e. The smallest absolute Gasteiger partial charge is 0.306 e. The van der Waals surface area contributed by atoms with Crippen LogP contribution in [0.5, 0.6) is 0 Å². The van der Waals surface area contributed by atoms with Gasteiger partial charge in [-0.1, -0.05) is 0 Å². The molecule has 1 N–H and O–H groups in total. The van der Waals surface area contributed by atoms with E-state index in [2.05, 4.69) is 5.32 Å². The maximum Gasteiger partial charge on any atom is 0.306 e. The molecule has 0 aliphatic rings. The van der Waals surface area contributed by atoms with Gasteiger partial charge in [0.25, 0.3) is 0 Å². The Morgan fingerprint density at radius 2 is 2.05 bits per heavy atom. The van der Waals surface area contributed by atoms with E-state index in [0.717, 1.165) is 5.76 Å². The molecule has 20 heavy (non-hydrogen) atoms. The second kappa shape index (κ2) is 7.12. The summed E-state index contributed by atoms with van der Waals surface area (Å²) in [5.74, 6) is 0.311. The van der Waals surface area contributed by atoms with Gasteiger partial charge in [-0.15, -0.1) is 0 Å². The maximum absolute atomic E-state index is 11.7. The lowest BCUT2D eigenvalue weighted by Gasteiger charge is -2.19. The lowest BCUT2D eigenvalue weighted by Crippen LogP contribution is -2.34. The van der Waals surface area contributed by atoms with Gasteiger partial charge >= 0.3 is 5.97 Å². The number of esters is 1. The van der Waals surface area contributed by atoms with Crippen LogP contribution in [0.15, 0.2) is 22.8 Å². The lowest BCUT2D eigenvalue weighted by atomic mass is 10.1. The van der Waals surface area contributed by atoms with Gasteiger partial charge in [0.05, 0.1) is 12.7 Å². The molecular weight excluding hydrogens is 258 g/mol. The van der Waals surface area contributed by atoms with E-state index in [9.17, 15) is 9.59 Å². The molecule has 0 saturated carbocycles. The molecule has 0 fully saturated rings. The fourth-order valence-electron chi connectivity index (χ4n) is 1.74. The predicted molar refractivity (Wildman–Crippen MR) is 75.1 cm³/mol. The normalized spacial score (nSPS) is 12.8. The summed E-state index contributed by atoms with van der Waals surface area (Å²) in [7, 11) is 0. The first-order chi connectivity index (χ1) is 9.26. The van der Waals surface area contributed by atoms with Gasteiger partial charge < -0.3 is 14.5 Å². The van der Waals surface area contributed by atoms with Gasteiger partial charge in [0.15, 0.2) is 0 Å². The van der Waals surface area contributed by atoms with Crippen LogP contribution in [-0.2, 0) is 20.7 Å². The zero-order chi connectivity index (χ0) is 15.2. The van der Waals surface area contributed by atoms with Crippen LogP contribution in [0.2, 0.25) is 0 Å². The van der Waals surface area contributed by atoms with Crippen LogP contribution in [0, 0.1) is 0 Å². The van der Waals surface area contributed by atoms with Gasteiger partial charge in [-0.2, -0.15) is 0 Å². The van der Waals surface area contributed by atoms with Gasteiger partial charge in [0, 0.05) is 18.9 Å². The Balaban J connectivity index is 2.24. The van der Waals surface area contributed by atoms with E-state index in [4.69, 9.17) is 9.15 Å². The van der Waals surface area contributed by atoms with Crippen molar-refractivity contribution in [1.82, 2.24) is 5.32 Å². The first-order valence-electron chi connectivity index (χ1n) is 6.80. The third kappa shape index (κ3) is 6.97. The molecule has 0 aliphatic heterocycles. The van der Waals surface area contributed by atoms with Crippen molar-refractivity contribution >= 4 is 11.9 Å². The molecule has 0 radical (unpaired) electrons. The van der Waals surface area contributed by atoms with Crippen molar-refractivity contribution in [2.24, 2.45) is 0 Å². The summed E-state index contributed by atoms with van der Waals surface area (Å²) in [4.78, 5) is 23.2. The van der Waals surface area contributed by atoms with Crippen LogP contribution in [0.3, 0.4) is 0 Å². The molecule has 0 spiro atoms. The van der Waals surface area contributed by atoms with Gasteiger partial charge in [-0.3, -0.25) is 9.59 Å². The lowest BCUT2D eigenvalue weighted by molar-refractivity contribution is -0.155. The molecule has 0 aliphatic carbocycles. The van der Waals surface area contributed by atoms with Crippen molar-refractivity contribution in [3.63, 3.8) is 0 Å². The summed E-state index contributed by atoms with van der Waals surface area (Å²) in [6, 6.07) is 3.64. The molecule has 5 heteroatoms. The Bertz CT molecular complexity index is 431. The molecule has 0 bridgehead atoms. The highest BCUT2D eigenvalue weighted by atomic mass is 16.6. The van der Waals surface area contributed by atoms with E-state index >= 15 is 0 Å². The second-order valence-electron chi connectivity index (χ2n) is 5.84. The zero-order valence-corrected chi connectivity index (χ0v) is 12.6. The van der Waals surface area contributed by atoms with Crippen molar-refractivity contribution in [1.29, 1.82) is 0 Å². The standard InChI is InChI=1S/C15H23NO4/c1-11(10-12-6-5-9-19-12)16-13(17)7-8-14(18)20-15(2,3)4/h5-6,9,11H,7-8,10H2,1-4H3,(H,16,17). The molecule has 112 valence electrons. The Hall–Kier alpha value is -1.78. The van der Waals surface area contributed by atoms with Crippen molar-refractivity contribution < 1.29 is 18.7 Å². The number of nitrogens with one attached hydrogen (secondary N) is 1. The summed E-state index contributed by atoms with van der Waals surface area (Å²) in [5, 5.41) is 2.83. The van der Waals surface area contributed by atoms with E-state index in [-0.39, 0.29) is 30.8 Å². The number of carbonyl (C=O) groups excluding carboxylic acids is 2. The molecule has 1 heterocycles. The molecule has 1 unspecified atom stereocenters. The molecule has 1 amide bonds.